The highest BCUT2D eigenvalue weighted by molar-refractivity contribution is 7.99. The molecule has 1 N–H and O–H groups in total. The van der Waals surface area contributed by atoms with Gasteiger partial charge in [-0.3, -0.25) is 4.79 Å². The molecule has 3 nitrogen and oxygen atoms in total. The van der Waals surface area contributed by atoms with E-state index >= 15 is 0 Å². The van der Waals surface area contributed by atoms with Crippen LogP contribution in [0.25, 0.3) is 0 Å². The van der Waals surface area contributed by atoms with Crippen molar-refractivity contribution in [1.82, 2.24) is 10.2 Å². The minimum atomic E-state index is -0.235. The molecule has 2 fully saturated rings. The number of amides is 1. The van der Waals surface area contributed by atoms with Crippen molar-refractivity contribution in [2.75, 3.05) is 31.1 Å². The minimum Gasteiger partial charge on any atom is -0.342 e. The Hall–Kier alpha value is -0.220. The lowest BCUT2D eigenvalue weighted by Gasteiger charge is -2.36. The molecule has 0 bridgehead atoms. The smallest absolute Gasteiger partial charge is 0.227 e. The largest absolute Gasteiger partial charge is 0.342 e. The summed E-state index contributed by atoms with van der Waals surface area (Å²) < 4.78 is 0. The van der Waals surface area contributed by atoms with Gasteiger partial charge in [0.25, 0.3) is 0 Å². The third-order valence-corrected chi connectivity index (χ3v) is 5.37. The topological polar surface area (TPSA) is 32.3 Å². The molecule has 1 atom stereocenters. The fourth-order valence-electron chi connectivity index (χ4n) is 2.84. The average Bonchev–Trinajstić information content (AvgIpc) is 2.88. The SMILES string of the molecule is CC(C)(C)C(=O)N1CCC(NCC2CCSC2)CC1. The Morgan fingerprint density at radius 3 is 2.47 bits per heavy atom. The zero-order valence-corrected chi connectivity index (χ0v) is 13.4. The molecule has 2 saturated heterocycles. The normalized spacial score (nSPS) is 25.8. The Bertz CT molecular complexity index is 300. The van der Waals surface area contributed by atoms with E-state index in [2.05, 4.69) is 17.1 Å². The summed E-state index contributed by atoms with van der Waals surface area (Å²) in [5.41, 5.74) is -0.235. The van der Waals surface area contributed by atoms with Crippen LogP contribution in [0.15, 0.2) is 0 Å². The number of rotatable bonds is 3. The molecule has 0 aromatic rings. The monoisotopic (exact) mass is 284 g/mol. The predicted molar refractivity (Wildman–Crippen MR) is 82.5 cm³/mol. The van der Waals surface area contributed by atoms with E-state index in [9.17, 15) is 4.79 Å². The molecule has 2 aliphatic rings. The number of thioether (sulfide) groups is 1. The zero-order valence-electron chi connectivity index (χ0n) is 12.6. The number of hydrogen-bond acceptors (Lipinski definition) is 3. The highest BCUT2D eigenvalue weighted by Gasteiger charge is 2.30. The van der Waals surface area contributed by atoms with Crippen molar-refractivity contribution in [2.45, 2.75) is 46.1 Å². The molecule has 0 saturated carbocycles. The van der Waals surface area contributed by atoms with Crippen LogP contribution in [-0.2, 0) is 4.79 Å². The van der Waals surface area contributed by atoms with Crippen LogP contribution in [0.2, 0.25) is 0 Å². The summed E-state index contributed by atoms with van der Waals surface area (Å²) in [6.07, 6.45) is 3.60. The molecule has 4 heteroatoms. The number of carbonyl (C=O) groups is 1. The third kappa shape index (κ3) is 4.38. The van der Waals surface area contributed by atoms with E-state index in [-0.39, 0.29) is 5.41 Å². The van der Waals surface area contributed by atoms with E-state index in [1.165, 1.54) is 24.5 Å². The van der Waals surface area contributed by atoms with Crippen LogP contribution in [0.4, 0.5) is 0 Å². The maximum Gasteiger partial charge on any atom is 0.227 e. The molecule has 2 rings (SSSR count). The van der Waals surface area contributed by atoms with Gasteiger partial charge >= 0.3 is 0 Å². The van der Waals surface area contributed by atoms with Crippen LogP contribution >= 0.6 is 11.8 Å². The standard InChI is InChI=1S/C15H28N2OS/c1-15(2,3)14(18)17-7-4-13(5-8-17)16-10-12-6-9-19-11-12/h12-13,16H,4-11H2,1-3H3. The molecule has 19 heavy (non-hydrogen) atoms. The second-order valence-corrected chi connectivity index (χ2v) is 8.10. The Morgan fingerprint density at radius 1 is 1.26 bits per heavy atom. The highest BCUT2D eigenvalue weighted by atomic mass is 32.2. The van der Waals surface area contributed by atoms with Crippen LogP contribution in [0, 0.1) is 11.3 Å². The summed E-state index contributed by atoms with van der Waals surface area (Å²) >= 11 is 2.08. The van der Waals surface area contributed by atoms with Crippen molar-refractivity contribution in [1.29, 1.82) is 0 Å². The lowest BCUT2D eigenvalue weighted by atomic mass is 9.93. The fourth-order valence-corrected chi connectivity index (χ4v) is 4.12. The van der Waals surface area contributed by atoms with Gasteiger partial charge in [-0.15, -0.1) is 0 Å². The van der Waals surface area contributed by atoms with E-state index in [1.54, 1.807) is 0 Å². The summed E-state index contributed by atoms with van der Waals surface area (Å²) in [7, 11) is 0. The van der Waals surface area contributed by atoms with Crippen molar-refractivity contribution in [2.24, 2.45) is 11.3 Å². The van der Waals surface area contributed by atoms with E-state index in [1.807, 2.05) is 25.7 Å². The molecule has 0 radical (unpaired) electrons. The average molecular weight is 284 g/mol. The van der Waals surface area contributed by atoms with E-state index in [0.29, 0.717) is 11.9 Å². The van der Waals surface area contributed by atoms with Gasteiger partial charge in [-0.2, -0.15) is 11.8 Å². The van der Waals surface area contributed by atoms with E-state index in [0.717, 1.165) is 31.8 Å². The first-order chi connectivity index (χ1) is 8.97. The highest BCUT2D eigenvalue weighted by Crippen LogP contribution is 2.24. The predicted octanol–water partition coefficient (Wildman–Crippen LogP) is 2.37. The number of nitrogens with zero attached hydrogens (tertiary/aromatic N) is 1. The molecular weight excluding hydrogens is 256 g/mol. The molecule has 0 aliphatic carbocycles. The van der Waals surface area contributed by atoms with Gasteiger partial charge in [0, 0.05) is 24.5 Å². The first kappa shape index (κ1) is 15.2. The van der Waals surface area contributed by atoms with Gasteiger partial charge in [0.2, 0.25) is 5.91 Å². The van der Waals surface area contributed by atoms with Gasteiger partial charge < -0.3 is 10.2 Å². The summed E-state index contributed by atoms with van der Waals surface area (Å²) in [6.45, 7) is 9.05. The quantitative estimate of drug-likeness (QED) is 0.863. The Morgan fingerprint density at radius 2 is 1.95 bits per heavy atom. The molecule has 0 spiro atoms. The maximum absolute atomic E-state index is 12.2. The van der Waals surface area contributed by atoms with Crippen LogP contribution < -0.4 is 5.32 Å². The summed E-state index contributed by atoms with van der Waals surface area (Å²) in [4.78, 5) is 14.2. The lowest BCUT2D eigenvalue weighted by Crippen LogP contribution is -2.48. The minimum absolute atomic E-state index is 0.235. The van der Waals surface area contributed by atoms with Crippen LogP contribution in [-0.4, -0.2) is 48.0 Å². The summed E-state index contributed by atoms with van der Waals surface area (Å²) in [5, 5.41) is 3.71. The van der Waals surface area contributed by atoms with Crippen molar-refractivity contribution < 1.29 is 4.79 Å². The lowest BCUT2D eigenvalue weighted by molar-refractivity contribution is -0.140. The van der Waals surface area contributed by atoms with Gasteiger partial charge in [0.15, 0.2) is 0 Å². The summed E-state index contributed by atoms with van der Waals surface area (Å²) in [6, 6.07) is 0.620. The first-order valence-electron chi connectivity index (χ1n) is 7.57. The molecule has 2 aliphatic heterocycles. The van der Waals surface area contributed by atoms with E-state index < -0.39 is 0 Å². The number of carbonyl (C=O) groups excluding carboxylic acids is 1. The Labute approximate surface area is 121 Å². The van der Waals surface area contributed by atoms with Crippen LogP contribution in [0.3, 0.4) is 0 Å². The first-order valence-corrected chi connectivity index (χ1v) is 8.73. The van der Waals surface area contributed by atoms with Crippen molar-refractivity contribution in [3.63, 3.8) is 0 Å². The maximum atomic E-state index is 12.2. The molecule has 2 heterocycles. The van der Waals surface area contributed by atoms with Crippen molar-refractivity contribution >= 4 is 17.7 Å². The number of piperidine rings is 1. The molecule has 1 unspecified atom stereocenters. The van der Waals surface area contributed by atoms with Crippen molar-refractivity contribution in [3.05, 3.63) is 0 Å². The third-order valence-electron chi connectivity index (χ3n) is 4.14. The Balaban J connectivity index is 1.68. The molecule has 1 amide bonds. The second-order valence-electron chi connectivity index (χ2n) is 6.95. The van der Waals surface area contributed by atoms with E-state index in [4.69, 9.17) is 0 Å². The number of nitrogens with one attached hydrogen (secondary N) is 1. The number of hydrogen-bond donors (Lipinski definition) is 1. The van der Waals surface area contributed by atoms with Gasteiger partial charge in [-0.1, -0.05) is 20.8 Å². The van der Waals surface area contributed by atoms with Gasteiger partial charge in [0.05, 0.1) is 0 Å². The molecule has 110 valence electrons. The second kappa shape index (κ2) is 6.49. The molecular formula is C15H28N2OS. The summed E-state index contributed by atoms with van der Waals surface area (Å²) in [5.74, 6) is 3.84. The van der Waals surface area contributed by atoms with Crippen LogP contribution in [0.5, 0.6) is 0 Å². The molecule has 0 aromatic heterocycles. The van der Waals surface area contributed by atoms with Crippen molar-refractivity contribution in [3.8, 4) is 0 Å². The van der Waals surface area contributed by atoms with Gasteiger partial charge in [0.1, 0.15) is 0 Å². The number of likely N-dealkylation sites (tertiary alicyclic amines) is 1. The molecule has 0 aromatic carbocycles. The van der Waals surface area contributed by atoms with Gasteiger partial charge in [-0.05, 0) is 43.2 Å². The zero-order chi connectivity index (χ0) is 13.9. The fraction of sp³-hybridized carbons (Fsp3) is 0.933. The van der Waals surface area contributed by atoms with Crippen LogP contribution in [0.1, 0.15) is 40.0 Å². The van der Waals surface area contributed by atoms with Gasteiger partial charge in [-0.25, -0.2) is 0 Å². The Kier molecular flexibility index (Phi) is 5.18.